The third-order valence-corrected chi connectivity index (χ3v) is 9.69. The third kappa shape index (κ3) is 7.00. The third-order valence-electron chi connectivity index (χ3n) is 6.78. The standard InChI is InChI=1S/C22H41ClO2S/c1-2-3-4-5-6-7-8-9-10-11-18-26(24,25)22-17-13-14-19-20(22)15-12-16-21(19)23/h19-22H,2-18H2,1H3. The Hall–Kier alpha value is 0.240. The van der Waals surface area contributed by atoms with Crippen LogP contribution in [0.2, 0.25) is 0 Å². The maximum Gasteiger partial charge on any atom is 0.153 e. The lowest BCUT2D eigenvalue weighted by Crippen LogP contribution is -2.44. The molecular weight excluding hydrogens is 364 g/mol. The number of rotatable bonds is 12. The summed E-state index contributed by atoms with van der Waals surface area (Å²) in [6, 6.07) is 0. The van der Waals surface area contributed by atoms with E-state index in [9.17, 15) is 8.42 Å². The molecule has 0 aromatic carbocycles. The topological polar surface area (TPSA) is 34.1 Å². The summed E-state index contributed by atoms with van der Waals surface area (Å²) in [5.74, 6) is 1.20. The van der Waals surface area contributed by atoms with E-state index in [1.54, 1.807) is 0 Å². The van der Waals surface area contributed by atoms with Gasteiger partial charge in [-0.3, -0.25) is 0 Å². The van der Waals surface area contributed by atoms with Crippen LogP contribution in [0, 0.1) is 11.8 Å². The van der Waals surface area contributed by atoms with Gasteiger partial charge in [-0.05, 0) is 43.9 Å². The molecule has 0 aliphatic heterocycles. The summed E-state index contributed by atoms with van der Waals surface area (Å²) >= 11 is 6.53. The monoisotopic (exact) mass is 404 g/mol. The molecule has 2 nitrogen and oxygen atoms in total. The number of halogens is 1. The molecule has 4 heteroatoms. The SMILES string of the molecule is CCCCCCCCCCCCS(=O)(=O)C1CCCC2C(Cl)CCCC21. The quantitative estimate of drug-likeness (QED) is 0.262. The molecule has 26 heavy (non-hydrogen) atoms. The number of fused-ring (bicyclic) bond motifs is 1. The van der Waals surface area contributed by atoms with E-state index >= 15 is 0 Å². The minimum absolute atomic E-state index is 0.0960. The first-order chi connectivity index (χ1) is 12.6. The summed E-state index contributed by atoms with van der Waals surface area (Å²) in [5, 5.41) is 0.116. The van der Waals surface area contributed by atoms with Gasteiger partial charge in [-0.2, -0.15) is 0 Å². The van der Waals surface area contributed by atoms with Crippen LogP contribution in [0.25, 0.3) is 0 Å². The number of sulfone groups is 1. The highest BCUT2D eigenvalue weighted by molar-refractivity contribution is 7.92. The lowest BCUT2D eigenvalue weighted by atomic mass is 9.70. The zero-order valence-corrected chi connectivity index (χ0v) is 18.5. The van der Waals surface area contributed by atoms with E-state index in [4.69, 9.17) is 11.6 Å². The molecule has 0 saturated heterocycles. The fraction of sp³-hybridized carbons (Fsp3) is 1.00. The van der Waals surface area contributed by atoms with Crippen molar-refractivity contribution in [1.82, 2.24) is 0 Å². The Bertz CT molecular complexity index is 477. The van der Waals surface area contributed by atoms with Crippen LogP contribution in [-0.4, -0.2) is 24.8 Å². The van der Waals surface area contributed by atoms with Crippen LogP contribution in [-0.2, 0) is 9.84 Å². The van der Waals surface area contributed by atoms with Gasteiger partial charge in [-0.15, -0.1) is 11.6 Å². The minimum Gasteiger partial charge on any atom is -0.229 e. The molecule has 154 valence electrons. The molecule has 0 heterocycles. The summed E-state index contributed by atoms with van der Waals surface area (Å²) in [5.41, 5.74) is 0. The van der Waals surface area contributed by atoms with Crippen LogP contribution >= 0.6 is 11.6 Å². The number of hydrogen-bond acceptors (Lipinski definition) is 2. The molecule has 0 spiro atoms. The second-order valence-corrected chi connectivity index (χ2v) is 11.7. The maximum absolute atomic E-state index is 12.9. The van der Waals surface area contributed by atoms with Crippen molar-refractivity contribution in [2.24, 2.45) is 11.8 Å². The van der Waals surface area contributed by atoms with Crippen LogP contribution in [0.3, 0.4) is 0 Å². The average Bonchev–Trinajstić information content (AvgIpc) is 2.63. The molecule has 4 atom stereocenters. The summed E-state index contributed by atoms with van der Waals surface area (Å²) in [6.07, 6.45) is 18.8. The minimum atomic E-state index is -2.94. The van der Waals surface area contributed by atoms with Gasteiger partial charge in [0.05, 0.1) is 11.0 Å². The predicted octanol–water partition coefficient (Wildman–Crippen LogP) is 6.90. The van der Waals surface area contributed by atoms with Gasteiger partial charge in [0.1, 0.15) is 0 Å². The fourth-order valence-corrected chi connectivity index (χ4v) is 8.03. The van der Waals surface area contributed by atoms with Crippen molar-refractivity contribution in [3.05, 3.63) is 0 Å². The lowest BCUT2D eigenvalue weighted by Gasteiger charge is -2.43. The van der Waals surface area contributed by atoms with Gasteiger partial charge in [0.2, 0.25) is 0 Å². The summed E-state index contributed by atoms with van der Waals surface area (Å²) in [6.45, 7) is 2.25. The van der Waals surface area contributed by atoms with Gasteiger partial charge in [0, 0.05) is 5.38 Å². The maximum atomic E-state index is 12.9. The highest BCUT2D eigenvalue weighted by Gasteiger charge is 2.44. The number of unbranched alkanes of at least 4 members (excludes halogenated alkanes) is 9. The van der Waals surface area contributed by atoms with Crippen molar-refractivity contribution in [2.75, 3.05) is 5.75 Å². The van der Waals surface area contributed by atoms with Gasteiger partial charge in [0.15, 0.2) is 9.84 Å². The molecule has 0 bridgehead atoms. The van der Waals surface area contributed by atoms with Gasteiger partial charge >= 0.3 is 0 Å². The van der Waals surface area contributed by atoms with E-state index in [1.165, 1.54) is 51.4 Å². The van der Waals surface area contributed by atoms with Crippen LogP contribution < -0.4 is 0 Å². The Morgan fingerprint density at radius 3 is 1.92 bits per heavy atom. The molecule has 0 aromatic rings. The normalized spacial score (nSPS) is 29.5. The van der Waals surface area contributed by atoms with E-state index in [1.807, 2.05) is 0 Å². The second kappa shape index (κ2) is 11.9. The highest BCUT2D eigenvalue weighted by Crippen LogP contribution is 2.45. The molecule has 0 radical (unpaired) electrons. The molecular formula is C22H41ClO2S. The molecule has 2 saturated carbocycles. The van der Waals surface area contributed by atoms with Gasteiger partial charge in [-0.1, -0.05) is 77.6 Å². The zero-order chi connectivity index (χ0) is 18.8. The van der Waals surface area contributed by atoms with Crippen LogP contribution in [0.5, 0.6) is 0 Å². The Kier molecular flexibility index (Phi) is 10.3. The van der Waals surface area contributed by atoms with Crippen molar-refractivity contribution in [3.8, 4) is 0 Å². The first-order valence-corrected chi connectivity index (χ1v) is 13.6. The van der Waals surface area contributed by atoms with Crippen LogP contribution in [0.15, 0.2) is 0 Å². The lowest BCUT2D eigenvalue weighted by molar-refractivity contribution is 0.178. The first-order valence-electron chi connectivity index (χ1n) is 11.4. The molecule has 2 aliphatic rings. The van der Waals surface area contributed by atoms with Crippen molar-refractivity contribution in [2.45, 2.75) is 120 Å². The first kappa shape index (κ1) is 22.5. The Balaban J connectivity index is 1.63. The highest BCUT2D eigenvalue weighted by atomic mass is 35.5. The van der Waals surface area contributed by atoms with Crippen LogP contribution in [0.1, 0.15) is 110 Å². The molecule has 2 rings (SSSR count). The van der Waals surface area contributed by atoms with Gasteiger partial charge in [0.25, 0.3) is 0 Å². The molecule has 0 N–H and O–H groups in total. The Labute approximate surface area is 167 Å². The molecule has 0 amide bonds. The summed E-state index contributed by atoms with van der Waals surface area (Å²) in [4.78, 5) is 0. The second-order valence-electron chi connectivity index (χ2n) is 8.79. The van der Waals surface area contributed by atoms with E-state index in [-0.39, 0.29) is 10.6 Å². The van der Waals surface area contributed by atoms with Gasteiger partial charge < -0.3 is 0 Å². The van der Waals surface area contributed by atoms with Gasteiger partial charge in [-0.25, -0.2) is 8.42 Å². The van der Waals surface area contributed by atoms with E-state index in [2.05, 4.69) is 6.92 Å². The fourth-order valence-electron chi connectivity index (χ4n) is 5.26. The zero-order valence-electron chi connectivity index (χ0n) is 16.9. The Morgan fingerprint density at radius 1 is 0.731 bits per heavy atom. The van der Waals surface area contributed by atoms with E-state index in [0.29, 0.717) is 17.6 Å². The van der Waals surface area contributed by atoms with Crippen molar-refractivity contribution in [3.63, 3.8) is 0 Å². The number of alkyl halides is 1. The molecule has 4 unspecified atom stereocenters. The average molecular weight is 405 g/mol. The van der Waals surface area contributed by atoms with E-state index in [0.717, 1.165) is 51.4 Å². The summed E-state index contributed by atoms with van der Waals surface area (Å²) in [7, 11) is -2.94. The largest absolute Gasteiger partial charge is 0.229 e. The van der Waals surface area contributed by atoms with Crippen molar-refractivity contribution < 1.29 is 8.42 Å². The molecule has 2 fully saturated rings. The van der Waals surface area contributed by atoms with Crippen molar-refractivity contribution in [1.29, 1.82) is 0 Å². The van der Waals surface area contributed by atoms with E-state index < -0.39 is 9.84 Å². The Morgan fingerprint density at radius 2 is 1.27 bits per heavy atom. The van der Waals surface area contributed by atoms with Crippen molar-refractivity contribution >= 4 is 21.4 Å². The molecule has 0 aromatic heterocycles. The molecule has 2 aliphatic carbocycles. The smallest absolute Gasteiger partial charge is 0.153 e. The van der Waals surface area contributed by atoms with Crippen LogP contribution in [0.4, 0.5) is 0 Å². The number of hydrogen-bond donors (Lipinski definition) is 0. The summed E-state index contributed by atoms with van der Waals surface area (Å²) < 4.78 is 25.9. The predicted molar refractivity (Wildman–Crippen MR) is 114 cm³/mol.